The Hall–Kier alpha value is -1.57. The monoisotopic (exact) mass is 274 g/mol. The summed E-state index contributed by atoms with van der Waals surface area (Å²) in [5.74, 6) is -0.227. The van der Waals surface area contributed by atoms with Crippen molar-refractivity contribution in [1.29, 1.82) is 0 Å². The second-order valence-electron chi connectivity index (χ2n) is 6.20. The molecule has 2 nitrogen and oxygen atoms in total. The zero-order valence-corrected chi connectivity index (χ0v) is 13.3. The molecule has 110 valence electrons. The van der Waals surface area contributed by atoms with Gasteiger partial charge in [-0.15, -0.1) is 0 Å². The minimum absolute atomic E-state index is 0.173. The predicted octanol–water partition coefficient (Wildman–Crippen LogP) is 4.73. The van der Waals surface area contributed by atoms with Crippen molar-refractivity contribution in [2.75, 3.05) is 6.61 Å². The number of hydrogen-bond donors (Lipinski definition) is 0. The molecule has 0 heterocycles. The van der Waals surface area contributed by atoms with Gasteiger partial charge in [0.1, 0.15) is 6.61 Å². The summed E-state index contributed by atoms with van der Waals surface area (Å²) in [6, 6.07) is 8.59. The lowest BCUT2D eigenvalue weighted by Gasteiger charge is -2.19. The van der Waals surface area contributed by atoms with Gasteiger partial charge in [0, 0.05) is 6.92 Å². The molecule has 2 heteroatoms. The van der Waals surface area contributed by atoms with Crippen LogP contribution in [-0.2, 0) is 14.9 Å². The van der Waals surface area contributed by atoms with E-state index in [1.165, 1.54) is 12.5 Å². The molecule has 0 aromatic heterocycles. The molecule has 0 fully saturated rings. The van der Waals surface area contributed by atoms with E-state index in [-0.39, 0.29) is 11.4 Å². The summed E-state index contributed by atoms with van der Waals surface area (Å²) < 4.78 is 5.10. The largest absolute Gasteiger partial charge is 0.461 e. The Balaban J connectivity index is 2.85. The Kier molecular flexibility index (Phi) is 6.00. The van der Waals surface area contributed by atoms with Crippen LogP contribution < -0.4 is 0 Å². The van der Waals surface area contributed by atoms with E-state index in [0.717, 1.165) is 24.0 Å². The van der Waals surface area contributed by atoms with Crippen LogP contribution in [0.1, 0.15) is 58.6 Å². The van der Waals surface area contributed by atoms with Crippen molar-refractivity contribution in [3.05, 3.63) is 41.0 Å². The minimum atomic E-state index is -0.227. The lowest BCUT2D eigenvalue weighted by molar-refractivity contribution is -0.140. The van der Waals surface area contributed by atoms with Crippen molar-refractivity contribution in [3.63, 3.8) is 0 Å². The highest BCUT2D eigenvalue weighted by Crippen LogP contribution is 2.23. The molecular weight excluding hydrogens is 248 g/mol. The van der Waals surface area contributed by atoms with Gasteiger partial charge in [-0.1, -0.05) is 64.5 Å². The average molecular weight is 274 g/mol. The van der Waals surface area contributed by atoms with E-state index in [4.69, 9.17) is 4.74 Å². The molecule has 0 unspecified atom stereocenters. The van der Waals surface area contributed by atoms with Crippen molar-refractivity contribution in [1.82, 2.24) is 0 Å². The summed E-state index contributed by atoms with van der Waals surface area (Å²) in [6.45, 7) is 10.6. The first-order valence-electron chi connectivity index (χ1n) is 7.26. The number of hydrogen-bond acceptors (Lipinski definition) is 2. The maximum absolute atomic E-state index is 10.9. The SMILES string of the molecule is CCCC(=Cc1ccc(C(C)(C)C)cc1)COC(C)=O. The Morgan fingerprint density at radius 1 is 1.20 bits per heavy atom. The van der Waals surface area contributed by atoms with Crippen molar-refractivity contribution in [2.45, 2.75) is 52.9 Å². The first-order valence-corrected chi connectivity index (χ1v) is 7.26. The summed E-state index contributed by atoms with van der Waals surface area (Å²) >= 11 is 0. The summed E-state index contributed by atoms with van der Waals surface area (Å²) in [5.41, 5.74) is 3.82. The van der Waals surface area contributed by atoms with E-state index in [1.807, 2.05) is 0 Å². The molecule has 0 bridgehead atoms. The van der Waals surface area contributed by atoms with Gasteiger partial charge in [-0.3, -0.25) is 4.79 Å². The second kappa shape index (κ2) is 7.28. The first kappa shape index (κ1) is 16.5. The van der Waals surface area contributed by atoms with E-state index in [1.54, 1.807) is 0 Å². The molecule has 0 radical (unpaired) electrons. The molecule has 0 saturated heterocycles. The Bertz CT molecular complexity index is 461. The number of benzene rings is 1. The summed E-state index contributed by atoms with van der Waals surface area (Å²) in [5, 5.41) is 0. The maximum atomic E-state index is 10.9. The highest BCUT2D eigenvalue weighted by molar-refractivity contribution is 5.66. The molecule has 0 aliphatic rings. The van der Waals surface area contributed by atoms with Gasteiger partial charge in [-0.2, -0.15) is 0 Å². The molecule has 1 aromatic carbocycles. The van der Waals surface area contributed by atoms with E-state index in [9.17, 15) is 4.79 Å². The third-order valence-corrected chi connectivity index (χ3v) is 3.18. The minimum Gasteiger partial charge on any atom is -0.461 e. The summed E-state index contributed by atoms with van der Waals surface area (Å²) in [6.07, 6.45) is 4.13. The van der Waals surface area contributed by atoms with Crippen LogP contribution in [0.5, 0.6) is 0 Å². The number of carbonyl (C=O) groups is 1. The van der Waals surface area contributed by atoms with Crippen LogP contribution in [0, 0.1) is 0 Å². The van der Waals surface area contributed by atoms with Crippen LogP contribution in [0.3, 0.4) is 0 Å². The van der Waals surface area contributed by atoms with Gasteiger partial charge in [0.05, 0.1) is 0 Å². The standard InChI is InChI=1S/C18H26O2/c1-6-7-16(13-20-14(2)19)12-15-8-10-17(11-9-15)18(3,4)5/h8-12H,6-7,13H2,1-5H3. The number of esters is 1. The molecule has 0 aliphatic heterocycles. The smallest absolute Gasteiger partial charge is 0.302 e. The van der Waals surface area contributed by atoms with Crippen molar-refractivity contribution >= 4 is 12.0 Å². The van der Waals surface area contributed by atoms with Gasteiger partial charge in [-0.05, 0) is 28.5 Å². The van der Waals surface area contributed by atoms with Crippen LogP contribution >= 0.6 is 0 Å². The normalized spacial score (nSPS) is 12.3. The topological polar surface area (TPSA) is 26.3 Å². The van der Waals surface area contributed by atoms with Crippen LogP contribution in [0.25, 0.3) is 6.08 Å². The zero-order chi connectivity index (χ0) is 15.2. The first-order chi connectivity index (χ1) is 9.32. The molecule has 1 rings (SSSR count). The summed E-state index contributed by atoms with van der Waals surface area (Å²) in [4.78, 5) is 10.9. The Morgan fingerprint density at radius 2 is 1.80 bits per heavy atom. The zero-order valence-electron chi connectivity index (χ0n) is 13.3. The van der Waals surface area contributed by atoms with Gasteiger partial charge in [0.25, 0.3) is 0 Å². The average Bonchev–Trinajstić information content (AvgIpc) is 2.36. The van der Waals surface area contributed by atoms with Gasteiger partial charge in [0.2, 0.25) is 0 Å². The van der Waals surface area contributed by atoms with E-state index >= 15 is 0 Å². The van der Waals surface area contributed by atoms with Crippen LogP contribution in [0.15, 0.2) is 29.8 Å². The molecular formula is C18H26O2. The van der Waals surface area contributed by atoms with Crippen LogP contribution in [0.4, 0.5) is 0 Å². The number of rotatable bonds is 5. The Labute approximate surface area is 122 Å². The van der Waals surface area contributed by atoms with Crippen molar-refractivity contribution in [2.24, 2.45) is 0 Å². The summed E-state index contributed by atoms with van der Waals surface area (Å²) in [7, 11) is 0. The van der Waals surface area contributed by atoms with Gasteiger partial charge in [-0.25, -0.2) is 0 Å². The van der Waals surface area contributed by atoms with Crippen LogP contribution in [0.2, 0.25) is 0 Å². The van der Waals surface area contributed by atoms with Crippen LogP contribution in [-0.4, -0.2) is 12.6 Å². The fourth-order valence-corrected chi connectivity index (χ4v) is 2.02. The van der Waals surface area contributed by atoms with Crippen molar-refractivity contribution < 1.29 is 9.53 Å². The third-order valence-electron chi connectivity index (χ3n) is 3.18. The lowest BCUT2D eigenvalue weighted by atomic mass is 9.86. The lowest BCUT2D eigenvalue weighted by Crippen LogP contribution is -2.10. The number of ether oxygens (including phenoxy) is 1. The van der Waals surface area contributed by atoms with Gasteiger partial charge >= 0.3 is 5.97 Å². The Morgan fingerprint density at radius 3 is 2.25 bits per heavy atom. The third kappa shape index (κ3) is 5.60. The van der Waals surface area contributed by atoms with Gasteiger partial charge < -0.3 is 4.74 Å². The predicted molar refractivity (Wildman–Crippen MR) is 84.7 cm³/mol. The van der Waals surface area contributed by atoms with E-state index < -0.39 is 0 Å². The molecule has 0 saturated carbocycles. The van der Waals surface area contributed by atoms with E-state index in [0.29, 0.717) is 6.61 Å². The maximum Gasteiger partial charge on any atom is 0.302 e. The fraction of sp³-hybridized carbons (Fsp3) is 0.500. The fourth-order valence-electron chi connectivity index (χ4n) is 2.02. The second-order valence-corrected chi connectivity index (χ2v) is 6.20. The quantitative estimate of drug-likeness (QED) is 0.725. The highest BCUT2D eigenvalue weighted by Gasteiger charge is 2.12. The number of carbonyl (C=O) groups excluding carboxylic acids is 1. The molecule has 0 spiro atoms. The molecule has 1 aromatic rings. The highest BCUT2D eigenvalue weighted by atomic mass is 16.5. The molecule has 0 atom stereocenters. The molecule has 0 amide bonds. The van der Waals surface area contributed by atoms with Crippen molar-refractivity contribution in [3.8, 4) is 0 Å². The van der Waals surface area contributed by atoms with Gasteiger partial charge in [0.15, 0.2) is 0 Å². The molecule has 0 aliphatic carbocycles. The molecule has 20 heavy (non-hydrogen) atoms. The molecule has 0 N–H and O–H groups in total. The van der Waals surface area contributed by atoms with E-state index in [2.05, 4.69) is 58.0 Å².